The van der Waals surface area contributed by atoms with Crippen LogP contribution >= 0.6 is 0 Å². The van der Waals surface area contributed by atoms with E-state index < -0.39 is 0 Å². The molecule has 0 saturated carbocycles. The predicted octanol–water partition coefficient (Wildman–Crippen LogP) is 4.57. The fourth-order valence-electron chi connectivity index (χ4n) is 2.37. The molecule has 0 heterocycles. The minimum absolute atomic E-state index is 0.182. The van der Waals surface area contributed by atoms with Crippen LogP contribution in [-0.2, 0) is 6.42 Å². The van der Waals surface area contributed by atoms with E-state index in [4.69, 9.17) is 4.74 Å². The van der Waals surface area contributed by atoms with Crippen molar-refractivity contribution in [2.45, 2.75) is 33.1 Å². The van der Waals surface area contributed by atoms with Crippen molar-refractivity contribution >= 4 is 11.7 Å². The van der Waals surface area contributed by atoms with Gasteiger partial charge >= 0.3 is 6.03 Å². The zero-order chi connectivity index (χ0) is 17.4. The van der Waals surface area contributed by atoms with Crippen molar-refractivity contribution in [1.82, 2.24) is 5.32 Å². The van der Waals surface area contributed by atoms with Gasteiger partial charge in [0.15, 0.2) is 0 Å². The first-order valence-electron chi connectivity index (χ1n) is 8.45. The maximum Gasteiger partial charge on any atom is 0.319 e. The quantitative estimate of drug-likeness (QED) is 0.783. The lowest BCUT2D eigenvalue weighted by Gasteiger charge is -2.10. The molecule has 0 bridgehead atoms. The van der Waals surface area contributed by atoms with E-state index >= 15 is 0 Å². The molecule has 24 heavy (non-hydrogen) atoms. The highest BCUT2D eigenvalue weighted by Gasteiger charge is 2.03. The van der Waals surface area contributed by atoms with Crippen LogP contribution in [0.15, 0.2) is 48.5 Å². The van der Waals surface area contributed by atoms with Gasteiger partial charge < -0.3 is 15.4 Å². The van der Waals surface area contributed by atoms with Gasteiger partial charge in [-0.25, -0.2) is 4.79 Å². The van der Waals surface area contributed by atoms with Crippen LogP contribution in [0.3, 0.4) is 0 Å². The molecule has 0 aliphatic rings. The second kappa shape index (κ2) is 8.96. The smallest absolute Gasteiger partial charge is 0.319 e. The molecule has 2 aromatic rings. The number of carbonyl (C=O) groups excluding carboxylic acids is 1. The average molecular weight is 326 g/mol. The summed E-state index contributed by atoms with van der Waals surface area (Å²) in [5.74, 6) is 1.36. The van der Waals surface area contributed by atoms with Crippen LogP contribution in [0, 0.1) is 0 Å². The third-order valence-electron chi connectivity index (χ3n) is 3.77. The van der Waals surface area contributed by atoms with Gasteiger partial charge in [0.1, 0.15) is 5.75 Å². The summed E-state index contributed by atoms with van der Waals surface area (Å²) in [5, 5.41) is 5.73. The van der Waals surface area contributed by atoms with Crippen molar-refractivity contribution in [3.63, 3.8) is 0 Å². The fourth-order valence-corrected chi connectivity index (χ4v) is 2.37. The lowest BCUT2D eigenvalue weighted by atomic mass is 10.0. The maximum atomic E-state index is 11.9. The Morgan fingerprint density at radius 1 is 1.04 bits per heavy atom. The molecular weight excluding hydrogens is 300 g/mol. The van der Waals surface area contributed by atoms with Crippen LogP contribution in [0.25, 0.3) is 0 Å². The molecule has 128 valence electrons. The first kappa shape index (κ1) is 17.9. The Kier molecular flexibility index (Phi) is 6.67. The lowest BCUT2D eigenvalue weighted by Crippen LogP contribution is -2.30. The Labute approximate surface area is 144 Å². The number of nitrogens with one attached hydrogen (secondary N) is 2. The predicted molar refractivity (Wildman–Crippen MR) is 98.9 cm³/mol. The molecule has 0 spiro atoms. The molecule has 0 radical (unpaired) electrons. The van der Waals surface area contributed by atoms with Crippen molar-refractivity contribution < 1.29 is 9.53 Å². The standard InChI is InChI=1S/C20H26N2O2/c1-4-24-19-11-5-16(6-12-19)13-14-21-20(23)22-18-9-7-17(8-10-18)15(2)3/h5-12,15H,4,13-14H2,1-3H3,(H2,21,22,23). The van der Waals surface area contributed by atoms with Gasteiger partial charge in [-0.3, -0.25) is 0 Å². The highest BCUT2D eigenvalue weighted by Crippen LogP contribution is 2.17. The van der Waals surface area contributed by atoms with Crippen LogP contribution < -0.4 is 15.4 Å². The Balaban J connectivity index is 1.74. The highest BCUT2D eigenvalue weighted by molar-refractivity contribution is 5.89. The molecule has 0 atom stereocenters. The van der Waals surface area contributed by atoms with Crippen LogP contribution in [0.1, 0.15) is 37.8 Å². The van der Waals surface area contributed by atoms with Gasteiger partial charge in [0, 0.05) is 12.2 Å². The minimum Gasteiger partial charge on any atom is -0.494 e. The Hall–Kier alpha value is -2.49. The second-order valence-electron chi connectivity index (χ2n) is 5.98. The number of rotatable bonds is 7. The van der Waals surface area contributed by atoms with Crippen LogP contribution in [0.4, 0.5) is 10.5 Å². The van der Waals surface area contributed by atoms with Gasteiger partial charge in [0.05, 0.1) is 6.61 Å². The van der Waals surface area contributed by atoms with E-state index in [-0.39, 0.29) is 6.03 Å². The maximum absolute atomic E-state index is 11.9. The van der Waals surface area contributed by atoms with Gasteiger partial charge in [-0.15, -0.1) is 0 Å². The number of benzene rings is 2. The molecule has 2 amide bonds. The number of amides is 2. The van der Waals surface area contributed by atoms with E-state index in [1.54, 1.807) is 0 Å². The zero-order valence-corrected chi connectivity index (χ0v) is 14.6. The number of hydrogen-bond acceptors (Lipinski definition) is 2. The topological polar surface area (TPSA) is 50.4 Å². The molecule has 0 aromatic heterocycles. The van der Waals surface area contributed by atoms with Crippen molar-refractivity contribution in [1.29, 1.82) is 0 Å². The van der Waals surface area contributed by atoms with Crippen molar-refractivity contribution in [2.24, 2.45) is 0 Å². The average Bonchev–Trinajstić information content (AvgIpc) is 2.57. The molecule has 2 rings (SSSR count). The fraction of sp³-hybridized carbons (Fsp3) is 0.350. The number of hydrogen-bond donors (Lipinski definition) is 2. The van der Waals surface area contributed by atoms with Gasteiger partial charge in [0.25, 0.3) is 0 Å². The summed E-state index contributed by atoms with van der Waals surface area (Å²) in [6.07, 6.45) is 0.784. The van der Waals surface area contributed by atoms with Crippen molar-refractivity contribution in [2.75, 3.05) is 18.5 Å². The molecule has 2 aromatic carbocycles. The zero-order valence-electron chi connectivity index (χ0n) is 14.6. The normalized spacial score (nSPS) is 10.5. The molecule has 0 aliphatic heterocycles. The van der Waals surface area contributed by atoms with E-state index in [2.05, 4.69) is 24.5 Å². The van der Waals surface area contributed by atoms with Gasteiger partial charge in [-0.1, -0.05) is 38.1 Å². The Morgan fingerprint density at radius 3 is 2.29 bits per heavy atom. The van der Waals surface area contributed by atoms with E-state index in [1.807, 2.05) is 55.5 Å². The largest absolute Gasteiger partial charge is 0.494 e. The van der Waals surface area contributed by atoms with E-state index in [0.717, 1.165) is 17.9 Å². The summed E-state index contributed by atoms with van der Waals surface area (Å²) >= 11 is 0. The van der Waals surface area contributed by atoms with Crippen LogP contribution in [0.5, 0.6) is 5.75 Å². The molecular formula is C20H26N2O2. The summed E-state index contributed by atoms with van der Waals surface area (Å²) in [7, 11) is 0. The molecule has 4 nitrogen and oxygen atoms in total. The summed E-state index contributed by atoms with van der Waals surface area (Å²) in [4.78, 5) is 11.9. The van der Waals surface area contributed by atoms with E-state index in [1.165, 1.54) is 11.1 Å². The first-order chi connectivity index (χ1) is 11.6. The van der Waals surface area contributed by atoms with E-state index in [9.17, 15) is 4.79 Å². The second-order valence-corrected chi connectivity index (χ2v) is 5.98. The molecule has 0 unspecified atom stereocenters. The molecule has 2 N–H and O–H groups in total. The summed E-state index contributed by atoms with van der Waals surface area (Å²) < 4.78 is 5.41. The van der Waals surface area contributed by atoms with Gasteiger partial charge in [-0.05, 0) is 54.7 Å². The van der Waals surface area contributed by atoms with E-state index in [0.29, 0.717) is 19.1 Å². The summed E-state index contributed by atoms with van der Waals surface area (Å²) in [6.45, 7) is 7.52. The summed E-state index contributed by atoms with van der Waals surface area (Å²) in [6, 6.07) is 15.7. The van der Waals surface area contributed by atoms with Crippen molar-refractivity contribution in [3.05, 3.63) is 59.7 Å². The SMILES string of the molecule is CCOc1ccc(CCNC(=O)Nc2ccc(C(C)C)cc2)cc1. The third-order valence-corrected chi connectivity index (χ3v) is 3.77. The number of ether oxygens (including phenoxy) is 1. The molecule has 0 saturated heterocycles. The van der Waals surface area contributed by atoms with Gasteiger partial charge in [0.2, 0.25) is 0 Å². The molecule has 4 heteroatoms. The summed E-state index contributed by atoms with van der Waals surface area (Å²) in [5.41, 5.74) is 3.23. The highest BCUT2D eigenvalue weighted by atomic mass is 16.5. The number of carbonyl (C=O) groups is 1. The monoisotopic (exact) mass is 326 g/mol. The third kappa shape index (κ3) is 5.61. The first-order valence-corrected chi connectivity index (χ1v) is 8.45. The molecule has 0 aliphatic carbocycles. The minimum atomic E-state index is -0.182. The Bertz CT molecular complexity index is 634. The molecule has 0 fully saturated rings. The van der Waals surface area contributed by atoms with Gasteiger partial charge in [-0.2, -0.15) is 0 Å². The van der Waals surface area contributed by atoms with Crippen LogP contribution in [-0.4, -0.2) is 19.2 Å². The number of anilines is 1. The number of urea groups is 1. The Morgan fingerprint density at radius 2 is 1.71 bits per heavy atom. The lowest BCUT2D eigenvalue weighted by molar-refractivity contribution is 0.252. The van der Waals surface area contributed by atoms with Crippen molar-refractivity contribution in [3.8, 4) is 5.75 Å². The van der Waals surface area contributed by atoms with Crippen LogP contribution in [0.2, 0.25) is 0 Å².